The Kier molecular flexibility index (Phi) is 9.28. The van der Waals surface area contributed by atoms with Crippen molar-refractivity contribution in [1.82, 2.24) is 4.57 Å². The summed E-state index contributed by atoms with van der Waals surface area (Å²) in [6.45, 7) is 4.50. The summed E-state index contributed by atoms with van der Waals surface area (Å²) >= 11 is 0. The number of aromatic nitrogens is 1. The molecule has 0 spiro atoms. The third kappa shape index (κ3) is 6.60. The van der Waals surface area contributed by atoms with E-state index in [1.807, 2.05) is 0 Å². The van der Waals surface area contributed by atoms with Crippen LogP contribution in [0.2, 0.25) is 0 Å². The number of para-hydroxylation sites is 3. The summed E-state index contributed by atoms with van der Waals surface area (Å²) in [5.41, 5.74) is 20.0. The number of rotatable bonds is 8. The number of hydrogen-bond acceptors (Lipinski definition) is 2. The maximum atomic E-state index is 6.85. The largest absolute Gasteiger partial charge is 0.455 e. The van der Waals surface area contributed by atoms with Gasteiger partial charge in [0.15, 0.2) is 0 Å². The lowest BCUT2D eigenvalue weighted by atomic mass is 9.92. The SMILES string of the molecule is Cc1cc(-c2ccccc2)ccc1N(c1cc(-c2ccc(-n3c4ccccc4c4ccccc43)cc2)c2oc3ccccc3c2c1)c1c(C)cc(-c2ccccc2)cc1-c1ccccc1. The Hall–Kier alpha value is -8.40. The summed E-state index contributed by atoms with van der Waals surface area (Å²) in [6, 6.07) is 83.3. The third-order valence-electron chi connectivity index (χ3n) is 13.0. The van der Waals surface area contributed by atoms with E-state index in [9.17, 15) is 0 Å². The third-order valence-corrected chi connectivity index (χ3v) is 13.0. The molecule has 0 unspecified atom stereocenters. The first kappa shape index (κ1) is 38.3. The highest BCUT2D eigenvalue weighted by Gasteiger charge is 2.25. The second kappa shape index (κ2) is 15.7. The Morgan fingerprint density at radius 1 is 0.369 bits per heavy atom. The van der Waals surface area contributed by atoms with E-state index in [0.717, 1.165) is 66.9 Å². The van der Waals surface area contributed by atoms with E-state index in [1.54, 1.807) is 0 Å². The van der Waals surface area contributed by atoms with Crippen LogP contribution in [0, 0.1) is 13.8 Å². The van der Waals surface area contributed by atoms with Crippen LogP contribution in [0.15, 0.2) is 235 Å². The van der Waals surface area contributed by atoms with Crippen LogP contribution in [-0.2, 0) is 0 Å². The molecule has 3 heteroatoms. The predicted molar refractivity (Wildman–Crippen MR) is 274 cm³/mol. The fourth-order valence-electron chi connectivity index (χ4n) is 9.96. The normalized spacial score (nSPS) is 11.5. The van der Waals surface area contributed by atoms with E-state index < -0.39 is 0 Å². The highest BCUT2D eigenvalue weighted by Crippen LogP contribution is 2.49. The fourth-order valence-corrected chi connectivity index (χ4v) is 9.96. The predicted octanol–water partition coefficient (Wildman–Crippen LogP) is 17.4. The van der Waals surface area contributed by atoms with Crippen molar-refractivity contribution in [3.8, 4) is 50.2 Å². The van der Waals surface area contributed by atoms with Crippen molar-refractivity contribution in [2.24, 2.45) is 0 Å². The molecule has 12 rings (SSSR count). The molecule has 10 aromatic carbocycles. The van der Waals surface area contributed by atoms with Crippen molar-refractivity contribution < 1.29 is 4.42 Å². The van der Waals surface area contributed by atoms with Crippen molar-refractivity contribution >= 4 is 60.8 Å². The second-order valence-electron chi connectivity index (χ2n) is 17.0. The Morgan fingerprint density at radius 3 is 1.54 bits per heavy atom. The van der Waals surface area contributed by atoms with Crippen molar-refractivity contribution in [3.05, 3.63) is 242 Å². The Balaban J connectivity index is 1.11. The van der Waals surface area contributed by atoms with Crippen LogP contribution < -0.4 is 4.90 Å². The van der Waals surface area contributed by atoms with Crippen LogP contribution >= 0.6 is 0 Å². The van der Waals surface area contributed by atoms with Crippen LogP contribution in [-0.4, -0.2) is 4.57 Å². The van der Waals surface area contributed by atoms with Gasteiger partial charge in [0.25, 0.3) is 0 Å². The molecule has 308 valence electrons. The van der Waals surface area contributed by atoms with E-state index >= 15 is 0 Å². The molecule has 12 aromatic rings. The van der Waals surface area contributed by atoms with Crippen LogP contribution in [0.4, 0.5) is 17.1 Å². The Bertz CT molecular complexity index is 3660. The molecular formula is C62H44N2O. The smallest absolute Gasteiger partial charge is 0.143 e. The maximum Gasteiger partial charge on any atom is 0.143 e. The lowest BCUT2D eigenvalue weighted by molar-refractivity contribution is 0.670. The molecular weight excluding hydrogens is 789 g/mol. The number of furan rings is 1. The minimum Gasteiger partial charge on any atom is -0.455 e. The summed E-state index contributed by atoms with van der Waals surface area (Å²) in [4.78, 5) is 2.49. The first-order valence-corrected chi connectivity index (χ1v) is 22.3. The minimum atomic E-state index is 0.867. The zero-order valence-corrected chi connectivity index (χ0v) is 36.2. The summed E-state index contributed by atoms with van der Waals surface area (Å²) < 4.78 is 9.22. The van der Waals surface area contributed by atoms with Gasteiger partial charge in [-0.3, -0.25) is 0 Å². The molecule has 3 nitrogen and oxygen atoms in total. The molecule has 0 fully saturated rings. The van der Waals surface area contributed by atoms with Gasteiger partial charge in [0, 0.05) is 49.7 Å². The van der Waals surface area contributed by atoms with Gasteiger partial charge in [-0.05, 0) is 125 Å². The minimum absolute atomic E-state index is 0.867. The molecule has 0 aliphatic rings. The van der Waals surface area contributed by atoms with Crippen LogP contribution in [0.3, 0.4) is 0 Å². The highest BCUT2D eigenvalue weighted by molar-refractivity contribution is 6.12. The van der Waals surface area contributed by atoms with Gasteiger partial charge in [0.2, 0.25) is 0 Å². The van der Waals surface area contributed by atoms with E-state index in [0.29, 0.717) is 0 Å². The summed E-state index contributed by atoms with van der Waals surface area (Å²) in [5.74, 6) is 0. The second-order valence-corrected chi connectivity index (χ2v) is 17.0. The Morgan fingerprint density at radius 2 is 0.892 bits per heavy atom. The van der Waals surface area contributed by atoms with E-state index in [2.05, 4.69) is 254 Å². The van der Waals surface area contributed by atoms with E-state index in [1.165, 1.54) is 55.2 Å². The topological polar surface area (TPSA) is 21.3 Å². The van der Waals surface area contributed by atoms with Gasteiger partial charge in [-0.15, -0.1) is 0 Å². The molecule has 2 heterocycles. The summed E-state index contributed by atoms with van der Waals surface area (Å²) in [6.07, 6.45) is 0. The van der Waals surface area contributed by atoms with E-state index in [4.69, 9.17) is 4.42 Å². The summed E-state index contributed by atoms with van der Waals surface area (Å²) in [5, 5.41) is 4.65. The molecule has 0 aliphatic carbocycles. The maximum absolute atomic E-state index is 6.85. The number of aryl methyl sites for hydroxylation is 2. The van der Waals surface area contributed by atoms with Gasteiger partial charge < -0.3 is 13.9 Å². The number of anilines is 3. The lowest BCUT2D eigenvalue weighted by Crippen LogP contribution is -2.14. The zero-order chi connectivity index (χ0) is 43.4. The molecule has 0 aliphatic heterocycles. The monoisotopic (exact) mass is 832 g/mol. The molecule has 0 amide bonds. The van der Waals surface area contributed by atoms with Gasteiger partial charge >= 0.3 is 0 Å². The van der Waals surface area contributed by atoms with Crippen LogP contribution in [0.1, 0.15) is 11.1 Å². The van der Waals surface area contributed by atoms with E-state index in [-0.39, 0.29) is 0 Å². The first-order valence-electron chi connectivity index (χ1n) is 22.3. The molecule has 0 bridgehead atoms. The number of fused-ring (bicyclic) bond motifs is 6. The molecule has 0 saturated heterocycles. The molecule has 0 N–H and O–H groups in total. The number of benzene rings is 10. The highest BCUT2D eigenvalue weighted by atomic mass is 16.3. The van der Waals surface area contributed by atoms with Gasteiger partial charge in [0.05, 0.1) is 16.7 Å². The first-order chi connectivity index (χ1) is 32.1. The molecule has 2 aromatic heterocycles. The number of hydrogen-bond donors (Lipinski definition) is 0. The van der Waals surface area contributed by atoms with Gasteiger partial charge in [-0.25, -0.2) is 0 Å². The summed E-state index contributed by atoms with van der Waals surface area (Å²) in [7, 11) is 0. The van der Waals surface area contributed by atoms with Gasteiger partial charge in [-0.2, -0.15) is 0 Å². The van der Waals surface area contributed by atoms with Crippen molar-refractivity contribution in [1.29, 1.82) is 0 Å². The molecule has 65 heavy (non-hydrogen) atoms. The average molecular weight is 833 g/mol. The molecule has 0 atom stereocenters. The fraction of sp³-hybridized carbons (Fsp3) is 0.0323. The number of nitrogens with zero attached hydrogens (tertiary/aromatic N) is 2. The molecule has 0 radical (unpaired) electrons. The average Bonchev–Trinajstić information content (AvgIpc) is 3.91. The zero-order valence-electron chi connectivity index (χ0n) is 36.2. The quantitative estimate of drug-likeness (QED) is 0.152. The van der Waals surface area contributed by atoms with Crippen molar-refractivity contribution in [3.63, 3.8) is 0 Å². The van der Waals surface area contributed by atoms with Crippen LogP contribution in [0.5, 0.6) is 0 Å². The Labute approximate surface area is 378 Å². The van der Waals surface area contributed by atoms with Crippen LogP contribution in [0.25, 0.3) is 93.9 Å². The molecule has 0 saturated carbocycles. The van der Waals surface area contributed by atoms with Gasteiger partial charge in [0.1, 0.15) is 11.2 Å². The van der Waals surface area contributed by atoms with Crippen molar-refractivity contribution in [2.45, 2.75) is 13.8 Å². The van der Waals surface area contributed by atoms with Crippen molar-refractivity contribution in [2.75, 3.05) is 4.90 Å². The lowest BCUT2D eigenvalue weighted by Gasteiger charge is -2.32. The van der Waals surface area contributed by atoms with Gasteiger partial charge in [-0.1, -0.05) is 164 Å². The standard InChI is InChI=1S/C62H44N2O/c1-41-36-47(43-18-6-3-7-19-43)32-35-57(41)64(61-42(2)37-48(44-20-8-4-9-21-44)38-54(61)45-22-10-5-11-23-45)50-39-55(62-56(40-50)53-26-14-17-29-60(53)65-62)46-30-33-49(34-31-46)63-58-27-15-12-24-51(58)52-25-13-16-28-59(52)63/h3-40H,1-2H3.